The average Bonchev–Trinajstić information content (AvgIpc) is 2.80. The summed E-state index contributed by atoms with van der Waals surface area (Å²) in [5.41, 5.74) is 0.107. The maximum atomic E-state index is 12.6. The van der Waals surface area contributed by atoms with Crippen LogP contribution in [-0.4, -0.2) is 29.0 Å². The van der Waals surface area contributed by atoms with Crippen LogP contribution in [0.5, 0.6) is 5.75 Å². The average molecular weight is 328 g/mol. The molecule has 0 radical (unpaired) electrons. The van der Waals surface area contributed by atoms with Crippen LogP contribution >= 0.6 is 0 Å². The zero-order valence-corrected chi connectivity index (χ0v) is 12.5. The van der Waals surface area contributed by atoms with Crippen LogP contribution < -0.4 is 4.74 Å². The Balaban J connectivity index is 1.87. The fraction of sp³-hybridized carbons (Fsp3) is 0.412. The van der Waals surface area contributed by atoms with Gasteiger partial charge in [-0.2, -0.15) is 13.2 Å². The van der Waals surface area contributed by atoms with Gasteiger partial charge in [0.15, 0.2) is 0 Å². The van der Waals surface area contributed by atoms with Crippen molar-refractivity contribution < 1.29 is 28.1 Å². The van der Waals surface area contributed by atoms with Crippen LogP contribution in [0.1, 0.15) is 18.4 Å². The molecule has 2 rings (SSSR count). The number of hydrogen-bond donors (Lipinski definition) is 2. The van der Waals surface area contributed by atoms with Crippen molar-refractivity contribution in [1.82, 2.24) is 0 Å². The molecule has 0 amide bonds. The lowest BCUT2D eigenvalue weighted by atomic mass is 10.0. The summed E-state index contributed by atoms with van der Waals surface area (Å²) in [6.07, 6.45) is -1.41. The number of benzene rings is 1. The third-order valence-electron chi connectivity index (χ3n) is 3.70. The molecule has 0 aromatic heterocycles. The van der Waals surface area contributed by atoms with Crippen molar-refractivity contribution in [3.05, 3.63) is 54.1 Å². The van der Waals surface area contributed by atoms with Gasteiger partial charge in [0.2, 0.25) is 0 Å². The second-order valence-electron chi connectivity index (χ2n) is 5.65. The highest BCUT2D eigenvalue weighted by Crippen LogP contribution is 2.32. The number of hydrogen-bond acceptors (Lipinski definition) is 3. The molecule has 1 saturated carbocycles. The molecule has 3 nitrogen and oxygen atoms in total. The summed E-state index contributed by atoms with van der Waals surface area (Å²) in [4.78, 5) is 0. The van der Waals surface area contributed by atoms with Crippen molar-refractivity contribution in [3.63, 3.8) is 0 Å². The maximum absolute atomic E-state index is 12.6. The molecule has 0 unspecified atom stereocenters. The third-order valence-corrected chi connectivity index (χ3v) is 3.70. The number of aliphatic hydroxyl groups is 2. The van der Waals surface area contributed by atoms with E-state index in [1.165, 1.54) is 18.2 Å². The summed E-state index contributed by atoms with van der Waals surface area (Å²) < 4.78 is 42.9. The monoisotopic (exact) mass is 328 g/mol. The molecule has 0 saturated heterocycles. The maximum Gasteiger partial charge on any atom is 0.416 e. The van der Waals surface area contributed by atoms with Crippen LogP contribution in [0.25, 0.3) is 0 Å². The minimum absolute atomic E-state index is 0.00760. The van der Waals surface area contributed by atoms with Gasteiger partial charge in [0.1, 0.15) is 18.5 Å². The highest BCUT2D eigenvalue weighted by atomic mass is 19.4. The van der Waals surface area contributed by atoms with Gasteiger partial charge in [-0.15, -0.1) is 0 Å². The zero-order valence-electron chi connectivity index (χ0n) is 12.5. The van der Waals surface area contributed by atoms with Crippen LogP contribution in [-0.2, 0) is 6.18 Å². The molecule has 0 heterocycles. The smallest absolute Gasteiger partial charge is 0.416 e. The van der Waals surface area contributed by atoms with Gasteiger partial charge in [0, 0.05) is 5.92 Å². The van der Waals surface area contributed by atoms with E-state index in [4.69, 9.17) is 4.74 Å². The molecule has 6 heteroatoms. The Bertz CT molecular complexity index is 581. The Morgan fingerprint density at radius 3 is 2.74 bits per heavy atom. The number of halogens is 3. The minimum Gasteiger partial charge on any atom is -0.491 e. The first-order chi connectivity index (χ1) is 10.8. The zero-order chi connectivity index (χ0) is 17.0. The number of ether oxygens (including phenoxy) is 1. The summed E-state index contributed by atoms with van der Waals surface area (Å²) in [5, 5.41) is 19.3. The molecule has 1 aliphatic rings. The van der Waals surface area contributed by atoms with Gasteiger partial charge >= 0.3 is 6.18 Å². The van der Waals surface area contributed by atoms with Crippen LogP contribution in [0.2, 0.25) is 0 Å². The van der Waals surface area contributed by atoms with Gasteiger partial charge in [-0.25, -0.2) is 0 Å². The summed E-state index contributed by atoms with van der Waals surface area (Å²) in [7, 11) is 0. The Labute approximate surface area is 132 Å². The van der Waals surface area contributed by atoms with E-state index in [2.05, 4.69) is 6.58 Å². The van der Waals surface area contributed by atoms with Crippen LogP contribution in [0, 0.1) is 5.92 Å². The third kappa shape index (κ3) is 5.11. The highest BCUT2D eigenvalue weighted by Gasteiger charge is 2.30. The fourth-order valence-electron chi connectivity index (χ4n) is 2.47. The number of allylic oxidation sites excluding steroid dienone is 1. The highest BCUT2D eigenvalue weighted by molar-refractivity contribution is 5.30. The van der Waals surface area contributed by atoms with E-state index < -0.39 is 23.9 Å². The van der Waals surface area contributed by atoms with Crippen LogP contribution in [0.15, 0.2) is 48.6 Å². The normalized spacial score (nSPS) is 23.4. The van der Waals surface area contributed by atoms with Gasteiger partial charge in [-0.1, -0.05) is 30.4 Å². The van der Waals surface area contributed by atoms with E-state index in [0.717, 1.165) is 17.7 Å². The van der Waals surface area contributed by atoms with Gasteiger partial charge < -0.3 is 14.9 Å². The lowest BCUT2D eigenvalue weighted by Gasteiger charge is -2.12. The van der Waals surface area contributed by atoms with Crippen molar-refractivity contribution in [3.8, 4) is 5.75 Å². The quantitative estimate of drug-likeness (QED) is 0.815. The van der Waals surface area contributed by atoms with E-state index in [-0.39, 0.29) is 18.3 Å². The summed E-state index contributed by atoms with van der Waals surface area (Å²) in [5.74, 6) is 0.0566. The number of alkyl halides is 3. The first-order valence-corrected chi connectivity index (χ1v) is 7.28. The minimum atomic E-state index is -4.43. The topological polar surface area (TPSA) is 49.7 Å². The predicted octanol–water partition coefficient (Wildman–Crippen LogP) is 3.33. The Kier molecular flexibility index (Phi) is 5.49. The second-order valence-corrected chi connectivity index (χ2v) is 5.65. The molecule has 0 bridgehead atoms. The molecule has 23 heavy (non-hydrogen) atoms. The van der Waals surface area contributed by atoms with E-state index >= 15 is 0 Å². The number of rotatable bonds is 5. The number of aliphatic hydroxyl groups excluding tert-OH is 2. The summed E-state index contributed by atoms with van der Waals surface area (Å²) in [6.45, 7) is 3.71. The standard InChI is InChI=1S/C17H19F3O3/c1-11-7-15(22)8-12(11)5-6-14(21)10-23-16-4-2-3-13(9-16)17(18,19)20/h2-6,9,12,14-15,21-22H,1,7-8,10H2/b6-5+/t12-,14-,15+/m1/s1. The largest absolute Gasteiger partial charge is 0.491 e. The lowest BCUT2D eigenvalue weighted by Crippen LogP contribution is -2.15. The molecule has 1 aromatic carbocycles. The summed E-state index contributed by atoms with van der Waals surface area (Å²) >= 11 is 0. The van der Waals surface area contributed by atoms with Crippen molar-refractivity contribution in [2.45, 2.75) is 31.2 Å². The van der Waals surface area contributed by atoms with Crippen molar-refractivity contribution in [2.75, 3.05) is 6.61 Å². The molecule has 2 N–H and O–H groups in total. The van der Waals surface area contributed by atoms with Gasteiger partial charge in [-0.05, 0) is 31.0 Å². The lowest BCUT2D eigenvalue weighted by molar-refractivity contribution is -0.137. The molecule has 126 valence electrons. The van der Waals surface area contributed by atoms with E-state index in [9.17, 15) is 23.4 Å². The molecular formula is C17H19F3O3. The van der Waals surface area contributed by atoms with Crippen molar-refractivity contribution in [2.24, 2.45) is 5.92 Å². The molecule has 1 fully saturated rings. The van der Waals surface area contributed by atoms with Crippen molar-refractivity contribution in [1.29, 1.82) is 0 Å². The second kappa shape index (κ2) is 7.19. The van der Waals surface area contributed by atoms with Crippen molar-refractivity contribution >= 4 is 0 Å². The Morgan fingerprint density at radius 1 is 1.39 bits per heavy atom. The molecule has 3 atom stereocenters. The van der Waals surface area contributed by atoms with Crippen LogP contribution in [0.3, 0.4) is 0 Å². The molecule has 1 aromatic rings. The first kappa shape index (κ1) is 17.6. The van der Waals surface area contributed by atoms with E-state index in [1.54, 1.807) is 6.08 Å². The fourth-order valence-corrected chi connectivity index (χ4v) is 2.47. The molecular weight excluding hydrogens is 309 g/mol. The Morgan fingerprint density at radius 2 is 2.13 bits per heavy atom. The van der Waals surface area contributed by atoms with Gasteiger partial charge in [0.05, 0.1) is 11.7 Å². The van der Waals surface area contributed by atoms with Gasteiger partial charge in [0.25, 0.3) is 0 Å². The predicted molar refractivity (Wildman–Crippen MR) is 80.0 cm³/mol. The first-order valence-electron chi connectivity index (χ1n) is 7.28. The molecule has 0 aliphatic heterocycles. The van der Waals surface area contributed by atoms with Crippen LogP contribution in [0.4, 0.5) is 13.2 Å². The van der Waals surface area contributed by atoms with E-state index in [0.29, 0.717) is 12.8 Å². The molecule has 1 aliphatic carbocycles. The molecule has 0 spiro atoms. The summed E-state index contributed by atoms with van der Waals surface area (Å²) in [6, 6.07) is 4.51. The van der Waals surface area contributed by atoms with E-state index in [1.807, 2.05) is 0 Å². The Hall–Kier alpha value is -1.79. The SMILES string of the molecule is C=C1C[C@H](O)C[C@H]1/C=C/[C@@H](O)COc1cccc(C(F)(F)F)c1. The van der Waals surface area contributed by atoms with Gasteiger partial charge in [-0.3, -0.25) is 0 Å².